The highest BCUT2D eigenvalue weighted by molar-refractivity contribution is 5.95. The Morgan fingerprint density at radius 2 is 2.08 bits per heavy atom. The molecule has 0 aliphatic carbocycles. The first kappa shape index (κ1) is 14.7. The Morgan fingerprint density at radius 1 is 1.17 bits per heavy atom. The van der Waals surface area contributed by atoms with Gasteiger partial charge in [0.2, 0.25) is 5.91 Å². The zero-order valence-corrected chi connectivity index (χ0v) is 13.1. The second-order valence-electron chi connectivity index (χ2n) is 6.14. The summed E-state index contributed by atoms with van der Waals surface area (Å²) in [5, 5.41) is 7.47. The van der Waals surface area contributed by atoms with Gasteiger partial charge in [0, 0.05) is 31.9 Å². The summed E-state index contributed by atoms with van der Waals surface area (Å²) < 4.78 is 0. The van der Waals surface area contributed by atoms with E-state index in [1.807, 2.05) is 21.9 Å². The van der Waals surface area contributed by atoms with Crippen molar-refractivity contribution >= 4 is 11.8 Å². The Hall–Kier alpha value is -2.83. The number of carbonyl (C=O) groups is 2. The molecule has 2 aliphatic heterocycles. The van der Waals surface area contributed by atoms with Crippen molar-refractivity contribution in [3.8, 4) is 0 Å². The molecule has 4 heterocycles. The van der Waals surface area contributed by atoms with E-state index < -0.39 is 0 Å². The van der Waals surface area contributed by atoms with E-state index in [0.29, 0.717) is 25.1 Å². The zero-order chi connectivity index (χ0) is 16.5. The van der Waals surface area contributed by atoms with Crippen LogP contribution >= 0.6 is 0 Å². The number of nitrogens with zero attached hydrogens (tertiary/aromatic N) is 5. The van der Waals surface area contributed by atoms with Crippen molar-refractivity contribution in [3.05, 3.63) is 54.1 Å². The fraction of sp³-hybridized carbons (Fsp3) is 0.353. The quantitative estimate of drug-likeness (QED) is 0.838. The maximum Gasteiger partial charge on any atom is 0.255 e. The van der Waals surface area contributed by atoms with Crippen LogP contribution in [-0.4, -0.2) is 55.4 Å². The van der Waals surface area contributed by atoms with Crippen LogP contribution in [0, 0.1) is 0 Å². The molecule has 2 aromatic heterocycles. The van der Waals surface area contributed by atoms with Gasteiger partial charge in [0.15, 0.2) is 0 Å². The van der Waals surface area contributed by atoms with Gasteiger partial charge in [-0.25, -0.2) is 0 Å². The van der Waals surface area contributed by atoms with E-state index in [4.69, 9.17) is 0 Å². The topological polar surface area (TPSA) is 79.3 Å². The van der Waals surface area contributed by atoms with Crippen LogP contribution in [0.3, 0.4) is 0 Å². The van der Waals surface area contributed by atoms with Crippen LogP contribution in [0.1, 0.15) is 28.8 Å². The standard InChI is InChI=1S/C17H17N5O2/c23-16-8-15-14(22(16)11-12-2-1-5-18-9-12)4-7-21(15)17(24)13-3-6-19-20-10-13/h1-3,5-6,9-10,14-15H,4,7-8,11H2. The monoisotopic (exact) mass is 323 g/mol. The molecule has 2 aliphatic rings. The van der Waals surface area contributed by atoms with Gasteiger partial charge in [0.1, 0.15) is 0 Å². The second-order valence-corrected chi connectivity index (χ2v) is 6.14. The first-order chi connectivity index (χ1) is 11.7. The molecule has 2 aromatic rings. The van der Waals surface area contributed by atoms with E-state index >= 15 is 0 Å². The number of carbonyl (C=O) groups excluding carboxylic acids is 2. The minimum absolute atomic E-state index is 0.0603. The third-order valence-corrected chi connectivity index (χ3v) is 4.78. The first-order valence-electron chi connectivity index (χ1n) is 8.00. The van der Waals surface area contributed by atoms with Crippen LogP contribution < -0.4 is 0 Å². The van der Waals surface area contributed by atoms with Crippen molar-refractivity contribution in [2.75, 3.05) is 6.54 Å². The highest BCUT2D eigenvalue weighted by Gasteiger charge is 2.48. The minimum Gasteiger partial charge on any atom is -0.333 e. The minimum atomic E-state index is -0.0755. The Kier molecular flexibility index (Phi) is 3.68. The van der Waals surface area contributed by atoms with Gasteiger partial charge in [0.05, 0.1) is 30.0 Å². The second kappa shape index (κ2) is 5.99. The van der Waals surface area contributed by atoms with Crippen LogP contribution in [0.4, 0.5) is 0 Å². The molecule has 0 N–H and O–H groups in total. The molecule has 7 heteroatoms. The summed E-state index contributed by atoms with van der Waals surface area (Å²) in [6, 6.07) is 5.51. The van der Waals surface area contributed by atoms with Crippen LogP contribution in [0.5, 0.6) is 0 Å². The maximum absolute atomic E-state index is 12.7. The van der Waals surface area contributed by atoms with E-state index in [1.54, 1.807) is 18.5 Å². The van der Waals surface area contributed by atoms with Crippen molar-refractivity contribution in [1.82, 2.24) is 25.0 Å². The van der Waals surface area contributed by atoms with Crippen LogP contribution in [0.15, 0.2) is 43.0 Å². The largest absolute Gasteiger partial charge is 0.333 e. The first-order valence-corrected chi connectivity index (χ1v) is 8.00. The fourth-order valence-electron chi connectivity index (χ4n) is 3.66. The number of pyridine rings is 1. The summed E-state index contributed by atoms with van der Waals surface area (Å²) in [4.78, 5) is 32.9. The third-order valence-electron chi connectivity index (χ3n) is 4.78. The summed E-state index contributed by atoms with van der Waals surface area (Å²) >= 11 is 0. The van der Waals surface area contributed by atoms with Gasteiger partial charge in [-0.2, -0.15) is 10.2 Å². The third kappa shape index (κ3) is 2.51. The molecule has 2 amide bonds. The Balaban J connectivity index is 1.52. The molecule has 122 valence electrons. The molecule has 0 bridgehead atoms. The highest BCUT2D eigenvalue weighted by atomic mass is 16.2. The molecular formula is C17H17N5O2. The number of amides is 2. The average molecular weight is 323 g/mol. The van der Waals surface area contributed by atoms with Gasteiger partial charge in [-0.3, -0.25) is 14.6 Å². The lowest BCUT2D eigenvalue weighted by atomic mass is 10.1. The number of likely N-dealkylation sites (tertiary alicyclic amines) is 2. The van der Waals surface area contributed by atoms with Gasteiger partial charge in [-0.15, -0.1) is 0 Å². The van der Waals surface area contributed by atoms with E-state index in [1.165, 1.54) is 12.4 Å². The summed E-state index contributed by atoms with van der Waals surface area (Å²) in [6.45, 7) is 1.21. The lowest BCUT2D eigenvalue weighted by Gasteiger charge is -2.25. The summed E-state index contributed by atoms with van der Waals surface area (Å²) in [7, 11) is 0. The summed E-state index contributed by atoms with van der Waals surface area (Å²) in [5.41, 5.74) is 1.53. The molecule has 24 heavy (non-hydrogen) atoms. The van der Waals surface area contributed by atoms with Gasteiger partial charge in [0.25, 0.3) is 5.91 Å². The number of fused-ring (bicyclic) bond motifs is 1. The molecule has 0 saturated carbocycles. The smallest absolute Gasteiger partial charge is 0.255 e. The van der Waals surface area contributed by atoms with Crippen LogP contribution in [0.2, 0.25) is 0 Å². The summed E-state index contributed by atoms with van der Waals surface area (Å²) in [6.07, 6.45) is 7.67. The maximum atomic E-state index is 12.7. The van der Waals surface area contributed by atoms with E-state index in [0.717, 1.165) is 12.0 Å². The lowest BCUT2D eigenvalue weighted by Crippen LogP contribution is -2.39. The predicted molar refractivity (Wildman–Crippen MR) is 84.7 cm³/mol. The molecule has 2 atom stereocenters. The van der Waals surface area contributed by atoms with Crippen LogP contribution in [-0.2, 0) is 11.3 Å². The molecule has 2 unspecified atom stereocenters. The number of hydrogen-bond donors (Lipinski definition) is 0. The predicted octanol–water partition coefficient (Wildman–Crippen LogP) is 0.887. The van der Waals surface area contributed by atoms with Gasteiger partial charge in [-0.05, 0) is 24.1 Å². The SMILES string of the molecule is O=C1CC2C(CCN2C(=O)c2ccnnc2)N1Cc1cccnc1. The number of hydrogen-bond acceptors (Lipinski definition) is 5. The van der Waals surface area contributed by atoms with Gasteiger partial charge < -0.3 is 9.80 Å². The van der Waals surface area contributed by atoms with E-state index in [9.17, 15) is 9.59 Å². The molecule has 0 radical (unpaired) electrons. The van der Waals surface area contributed by atoms with Crippen molar-refractivity contribution in [2.45, 2.75) is 31.5 Å². The Bertz CT molecular complexity index is 752. The molecule has 2 fully saturated rings. The van der Waals surface area contributed by atoms with Crippen LogP contribution in [0.25, 0.3) is 0 Å². The van der Waals surface area contributed by atoms with Gasteiger partial charge in [-0.1, -0.05) is 6.07 Å². The Morgan fingerprint density at radius 3 is 2.83 bits per heavy atom. The van der Waals surface area contributed by atoms with Gasteiger partial charge >= 0.3 is 0 Å². The number of aromatic nitrogens is 3. The number of rotatable bonds is 3. The lowest BCUT2D eigenvalue weighted by molar-refractivity contribution is -0.129. The zero-order valence-electron chi connectivity index (χ0n) is 13.1. The highest BCUT2D eigenvalue weighted by Crippen LogP contribution is 2.34. The molecule has 7 nitrogen and oxygen atoms in total. The normalized spacial score (nSPS) is 22.8. The summed E-state index contributed by atoms with van der Waals surface area (Å²) in [5.74, 6) is 0.0210. The average Bonchev–Trinajstić information content (AvgIpc) is 3.16. The molecule has 0 aromatic carbocycles. The fourth-order valence-corrected chi connectivity index (χ4v) is 3.66. The molecule has 2 saturated heterocycles. The Labute approximate surface area is 139 Å². The van der Waals surface area contributed by atoms with Crippen molar-refractivity contribution in [3.63, 3.8) is 0 Å². The molecular weight excluding hydrogens is 306 g/mol. The van der Waals surface area contributed by atoms with Crippen molar-refractivity contribution < 1.29 is 9.59 Å². The molecule has 4 rings (SSSR count). The molecule has 0 spiro atoms. The van der Waals surface area contributed by atoms with Crippen molar-refractivity contribution in [2.24, 2.45) is 0 Å². The van der Waals surface area contributed by atoms with E-state index in [-0.39, 0.29) is 23.9 Å². The van der Waals surface area contributed by atoms with E-state index in [2.05, 4.69) is 15.2 Å². The van der Waals surface area contributed by atoms with Crippen molar-refractivity contribution in [1.29, 1.82) is 0 Å².